The fraction of sp³-hybridized carbons (Fsp3) is 0.333. The van der Waals surface area contributed by atoms with Crippen LogP contribution < -0.4 is 21.3 Å². The van der Waals surface area contributed by atoms with Crippen molar-refractivity contribution >= 4 is 56.2 Å². The first-order chi connectivity index (χ1) is 17.7. The number of hydrogen-bond donors (Lipinski definition) is 4. The molecular formula is C24H29ClN8O3S. The lowest BCUT2D eigenvalue weighted by molar-refractivity contribution is -0.117. The minimum Gasteiger partial charge on any atom is -0.336 e. The molecular weight excluding hydrogens is 516 g/mol. The molecule has 1 aliphatic heterocycles. The van der Waals surface area contributed by atoms with Gasteiger partial charge < -0.3 is 21.3 Å². The lowest BCUT2D eigenvalue weighted by atomic mass is 10.2. The number of benzene rings is 1. The van der Waals surface area contributed by atoms with E-state index in [1.54, 1.807) is 50.2 Å². The molecule has 3 heterocycles. The number of amides is 1. The van der Waals surface area contributed by atoms with Gasteiger partial charge in [0.2, 0.25) is 11.9 Å². The summed E-state index contributed by atoms with van der Waals surface area (Å²) < 4.78 is 25.4. The third-order valence-electron chi connectivity index (χ3n) is 5.66. The Bertz CT molecular complexity index is 1350. The zero-order valence-corrected chi connectivity index (χ0v) is 22.1. The first-order valence-corrected chi connectivity index (χ1v) is 13.7. The number of nitrogens with zero attached hydrogens (tertiary/aromatic N) is 4. The maximum absolute atomic E-state index is 12.7. The Labute approximate surface area is 221 Å². The van der Waals surface area contributed by atoms with E-state index in [0.717, 1.165) is 26.2 Å². The second-order valence-electron chi connectivity index (χ2n) is 8.74. The topological polar surface area (TPSA) is 141 Å². The van der Waals surface area contributed by atoms with E-state index in [9.17, 15) is 13.2 Å². The van der Waals surface area contributed by atoms with Gasteiger partial charge in [-0.15, -0.1) is 0 Å². The molecule has 1 aromatic carbocycles. The Kier molecular flexibility index (Phi) is 8.54. The fourth-order valence-electron chi connectivity index (χ4n) is 3.62. The summed E-state index contributed by atoms with van der Waals surface area (Å²) in [5.41, 5.74) is 1.64. The number of piperazine rings is 1. The van der Waals surface area contributed by atoms with Crippen molar-refractivity contribution in [2.24, 2.45) is 0 Å². The second-order valence-corrected chi connectivity index (χ2v) is 11.6. The van der Waals surface area contributed by atoms with Gasteiger partial charge in [0.15, 0.2) is 20.7 Å². The van der Waals surface area contributed by atoms with E-state index in [2.05, 4.69) is 41.1 Å². The SMILES string of the molecule is CC(C)S(=O)(=O)c1ncccc1Nc1nc(Nc2ccc(NC(=O)CN3CCNCC3)cc2)ncc1Cl. The molecule has 1 fully saturated rings. The van der Waals surface area contributed by atoms with Gasteiger partial charge in [0.05, 0.1) is 23.7 Å². The number of aromatic nitrogens is 3. The summed E-state index contributed by atoms with van der Waals surface area (Å²) >= 11 is 6.29. The van der Waals surface area contributed by atoms with E-state index in [4.69, 9.17) is 11.6 Å². The largest absolute Gasteiger partial charge is 0.336 e. The van der Waals surface area contributed by atoms with Crippen molar-refractivity contribution in [3.05, 3.63) is 53.8 Å². The molecule has 0 unspecified atom stereocenters. The van der Waals surface area contributed by atoms with Crippen LogP contribution in [0.25, 0.3) is 0 Å². The minimum absolute atomic E-state index is 0.0615. The van der Waals surface area contributed by atoms with Gasteiger partial charge in [-0.25, -0.2) is 18.4 Å². The number of anilines is 5. The van der Waals surface area contributed by atoms with Crippen LogP contribution in [0.4, 0.5) is 28.8 Å². The number of nitrogens with one attached hydrogen (secondary N) is 4. The zero-order valence-electron chi connectivity index (χ0n) is 20.5. The predicted molar refractivity (Wildman–Crippen MR) is 145 cm³/mol. The van der Waals surface area contributed by atoms with Gasteiger partial charge >= 0.3 is 0 Å². The monoisotopic (exact) mass is 544 g/mol. The standard InChI is InChI=1S/C24H29ClN8O3S/c1-16(2)37(35,36)23-20(4-3-9-27-23)31-22-19(25)14-28-24(32-22)30-18-7-5-17(6-8-18)29-21(34)15-33-12-10-26-11-13-33/h3-9,14,16,26H,10-13,15H2,1-2H3,(H,29,34)(H2,28,30,31,32). The normalized spacial score (nSPS) is 14.4. The van der Waals surface area contributed by atoms with Gasteiger partial charge in [0.1, 0.15) is 5.02 Å². The molecule has 3 aromatic rings. The molecule has 0 bridgehead atoms. The summed E-state index contributed by atoms with van der Waals surface area (Å²) in [6.07, 6.45) is 2.84. The summed E-state index contributed by atoms with van der Waals surface area (Å²) in [6.45, 7) is 7.02. The van der Waals surface area contributed by atoms with Gasteiger partial charge in [0, 0.05) is 43.8 Å². The van der Waals surface area contributed by atoms with Crippen LogP contribution in [0.1, 0.15) is 13.8 Å². The molecule has 1 saturated heterocycles. The van der Waals surface area contributed by atoms with E-state index in [0.29, 0.717) is 17.9 Å². The van der Waals surface area contributed by atoms with Gasteiger partial charge in [-0.2, -0.15) is 4.98 Å². The molecule has 0 saturated carbocycles. The zero-order chi connectivity index (χ0) is 26.4. The molecule has 0 aliphatic carbocycles. The number of halogens is 1. The number of rotatable bonds is 9. The van der Waals surface area contributed by atoms with Crippen LogP contribution in [-0.4, -0.2) is 72.2 Å². The number of carbonyl (C=O) groups is 1. The molecule has 196 valence electrons. The average molecular weight is 545 g/mol. The van der Waals surface area contributed by atoms with Crippen LogP contribution in [0, 0.1) is 0 Å². The highest BCUT2D eigenvalue weighted by Crippen LogP contribution is 2.29. The molecule has 37 heavy (non-hydrogen) atoms. The van der Waals surface area contributed by atoms with E-state index in [-0.39, 0.29) is 33.4 Å². The van der Waals surface area contributed by atoms with E-state index in [1.165, 1.54) is 12.4 Å². The Morgan fingerprint density at radius 2 is 1.78 bits per heavy atom. The molecule has 2 aromatic heterocycles. The van der Waals surface area contributed by atoms with Gasteiger partial charge in [-0.1, -0.05) is 11.6 Å². The van der Waals surface area contributed by atoms with Crippen molar-refractivity contribution in [1.82, 2.24) is 25.2 Å². The van der Waals surface area contributed by atoms with Crippen LogP contribution >= 0.6 is 11.6 Å². The van der Waals surface area contributed by atoms with Crippen LogP contribution in [0.15, 0.2) is 53.8 Å². The van der Waals surface area contributed by atoms with Crippen molar-refractivity contribution in [2.75, 3.05) is 48.7 Å². The quantitative estimate of drug-likeness (QED) is 0.317. The highest BCUT2D eigenvalue weighted by Gasteiger charge is 2.25. The van der Waals surface area contributed by atoms with Crippen molar-refractivity contribution in [2.45, 2.75) is 24.1 Å². The maximum atomic E-state index is 12.7. The van der Waals surface area contributed by atoms with Crippen LogP contribution in [0.5, 0.6) is 0 Å². The van der Waals surface area contributed by atoms with Crippen molar-refractivity contribution in [3.63, 3.8) is 0 Å². The van der Waals surface area contributed by atoms with E-state index in [1.807, 2.05) is 0 Å². The maximum Gasteiger partial charge on any atom is 0.238 e. The molecule has 13 heteroatoms. The number of pyridine rings is 1. The summed E-state index contributed by atoms with van der Waals surface area (Å²) in [5.74, 6) is 0.414. The molecule has 1 amide bonds. The van der Waals surface area contributed by atoms with E-state index >= 15 is 0 Å². The molecule has 1 aliphatic rings. The third kappa shape index (κ3) is 6.92. The highest BCUT2D eigenvalue weighted by atomic mass is 35.5. The number of hydrogen-bond acceptors (Lipinski definition) is 10. The molecule has 11 nitrogen and oxygen atoms in total. The second kappa shape index (κ2) is 11.8. The Balaban J connectivity index is 1.43. The van der Waals surface area contributed by atoms with Crippen LogP contribution in [0.3, 0.4) is 0 Å². The Morgan fingerprint density at radius 3 is 2.49 bits per heavy atom. The third-order valence-corrected chi connectivity index (χ3v) is 8.04. The Morgan fingerprint density at radius 1 is 1.08 bits per heavy atom. The predicted octanol–water partition coefficient (Wildman–Crippen LogP) is 3.04. The smallest absolute Gasteiger partial charge is 0.238 e. The first kappa shape index (κ1) is 26.7. The van der Waals surface area contributed by atoms with E-state index < -0.39 is 15.1 Å². The Hall–Kier alpha value is -3.32. The molecule has 4 rings (SSSR count). The first-order valence-electron chi connectivity index (χ1n) is 11.8. The lowest BCUT2D eigenvalue weighted by Gasteiger charge is -2.26. The van der Waals surface area contributed by atoms with Gasteiger partial charge in [-0.05, 0) is 50.2 Å². The summed E-state index contributed by atoms with van der Waals surface area (Å²) in [5, 5.41) is 11.7. The summed E-state index contributed by atoms with van der Waals surface area (Å²) in [4.78, 5) is 27.1. The summed E-state index contributed by atoms with van der Waals surface area (Å²) in [6, 6.07) is 10.4. The minimum atomic E-state index is -3.63. The van der Waals surface area contributed by atoms with Crippen molar-refractivity contribution in [1.29, 1.82) is 0 Å². The molecule has 0 spiro atoms. The average Bonchev–Trinajstić information content (AvgIpc) is 2.88. The molecule has 0 atom stereocenters. The van der Waals surface area contributed by atoms with Crippen molar-refractivity contribution < 1.29 is 13.2 Å². The lowest BCUT2D eigenvalue weighted by Crippen LogP contribution is -2.46. The summed E-state index contributed by atoms with van der Waals surface area (Å²) in [7, 11) is -3.63. The van der Waals surface area contributed by atoms with Crippen molar-refractivity contribution in [3.8, 4) is 0 Å². The van der Waals surface area contributed by atoms with Gasteiger partial charge in [0.25, 0.3) is 0 Å². The van der Waals surface area contributed by atoms with Crippen LogP contribution in [-0.2, 0) is 14.6 Å². The van der Waals surface area contributed by atoms with Gasteiger partial charge in [-0.3, -0.25) is 9.69 Å². The molecule has 4 N–H and O–H groups in total. The fourth-order valence-corrected chi connectivity index (χ4v) is 4.84. The highest BCUT2D eigenvalue weighted by molar-refractivity contribution is 7.92. The number of sulfone groups is 1. The number of carbonyl (C=O) groups excluding carboxylic acids is 1. The molecule has 0 radical (unpaired) electrons. The van der Waals surface area contributed by atoms with Crippen LogP contribution in [0.2, 0.25) is 5.02 Å².